The molecule has 0 bridgehead atoms. The van der Waals surface area contributed by atoms with Crippen molar-refractivity contribution in [2.75, 3.05) is 7.11 Å². The van der Waals surface area contributed by atoms with Gasteiger partial charge in [0.1, 0.15) is 23.9 Å². The van der Waals surface area contributed by atoms with E-state index < -0.39 is 0 Å². The number of Topliss-reactive ketones (excluding diaryl/α,β-unsaturated/α-hetero) is 1. The van der Waals surface area contributed by atoms with E-state index in [9.17, 15) is 9.18 Å². The molecule has 0 spiro atoms. The van der Waals surface area contributed by atoms with E-state index in [4.69, 9.17) is 9.47 Å². The van der Waals surface area contributed by atoms with Crippen molar-refractivity contribution in [1.82, 2.24) is 0 Å². The van der Waals surface area contributed by atoms with Crippen LogP contribution in [0.15, 0.2) is 40.9 Å². The van der Waals surface area contributed by atoms with Crippen LogP contribution in [0.4, 0.5) is 4.39 Å². The molecule has 0 amide bonds. The first-order valence-electron chi connectivity index (χ1n) is 6.27. The van der Waals surface area contributed by atoms with Gasteiger partial charge in [0.15, 0.2) is 5.78 Å². The first-order chi connectivity index (χ1) is 10.0. The molecule has 2 aromatic rings. The lowest BCUT2D eigenvalue weighted by molar-refractivity contribution is 0.101. The summed E-state index contributed by atoms with van der Waals surface area (Å²) < 4.78 is 25.1. The average molecular weight is 353 g/mol. The van der Waals surface area contributed by atoms with Crippen LogP contribution in [-0.2, 0) is 6.61 Å². The number of hydrogen-bond donors (Lipinski definition) is 0. The Labute approximate surface area is 130 Å². The van der Waals surface area contributed by atoms with Crippen LogP contribution >= 0.6 is 15.9 Å². The highest BCUT2D eigenvalue weighted by Gasteiger charge is 2.11. The zero-order valence-electron chi connectivity index (χ0n) is 11.7. The van der Waals surface area contributed by atoms with E-state index in [-0.39, 0.29) is 18.2 Å². The average Bonchev–Trinajstić information content (AvgIpc) is 2.45. The molecule has 110 valence electrons. The van der Waals surface area contributed by atoms with Crippen LogP contribution in [0.2, 0.25) is 0 Å². The summed E-state index contributed by atoms with van der Waals surface area (Å²) in [6.07, 6.45) is 0. The molecule has 21 heavy (non-hydrogen) atoms. The van der Waals surface area contributed by atoms with E-state index in [1.54, 1.807) is 30.3 Å². The highest BCUT2D eigenvalue weighted by Crippen LogP contribution is 2.26. The molecule has 2 rings (SSSR count). The molecule has 3 nitrogen and oxygen atoms in total. The second kappa shape index (κ2) is 6.72. The summed E-state index contributed by atoms with van der Waals surface area (Å²) in [4.78, 5) is 11.6. The van der Waals surface area contributed by atoms with Crippen LogP contribution in [0.1, 0.15) is 22.8 Å². The van der Waals surface area contributed by atoms with Crippen molar-refractivity contribution in [3.05, 3.63) is 57.8 Å². The monoisotopic (exact) mass is 352 g/mol. The van der Waals surface area contributed by atoms with Crippen molar-refractivity contribution in [3.8, 4) is 11.5 Å². The Balaban J connectivity index is 2.24. The fourth-order valence-corrected chi connectivity index (χ4v) is 2.17. The third kappa shape index (κ3) is 3.82. The molecular weight excluding hydrogens is 339 g/mol. The van der Waals surface area contributed by atoms with Gasteiger partial charge in [-0.1, -0.05) is 22.0 Å². The Bertz CT molecular complexity index is 671. The van der Waals surface area contributed by atoms with Crippen molar-refractivity contribution >= 4 is 21.7 Å². The number of carbonyl (C=O) groups excluding carboxylic acids is 1. The molecule has 0 N–H and O–H groups in total. The number of methoxy groups -OCH3 is 1. The maximum atomic E-state index is 13.8. The number of rotatable bonds is 5. The van der Waals surface area contributed by atoms with Crippen LogP contribution in [0.5, 0.6) is 11.5 Å². The number of benzene rings is 2. The molecule has 0 fully saturated rings. The van der Waals surface area contributed by atoms with Gasteiger partial charge >= 0.3 is 0 Å². The number of carbonyl (C=O) groups is 1. The first kappa shape index (κ1) is 15.5. The quantitative estimate of drug-likeness (QED) is 0.749. The fourth-order valence-electron chi connectivity index (χ4n) is 1.83. The zero-order chi connectivity index (χ0) is 15.4. The van der Waals surface area contributed by atoms with E-state index in [1.807, 2.05) is 0 Å². The minimum absolute atomic E-state index is 0.0343. The third-order valence-corrected chi connectivity index (χ3v) is 3.46. The van der Waals surface area contributed by atoms with Crippen molar-refractivity contribution in [3.63, 3.8) is 0 Å². The minimum Gasteiger partial charge on any atom is -0.497 e. The molecule has 0 aliphatic carbocycles. The van der Waals surface area contributed by atoms with Crippen molar-refractivity contribution in [2.24, 2.45) is 0 Å². The lowest BCUT2D eigenvalue weighted by Crippen LogP contribution is -2.03. The second-order valence-corrected chi connectivity index (χ2v) is 5.36. The number of hydrogen-bond acceptors (Lipinski definition) is 3. The molecule has 0 radical (unpaired) electrons. The third-order valence-electron chi connectivity index (χ3n) is 2.97. The van der Waals surface area contributed by atoms with Crippen molar-refractivity contribution in [2.45, 2.75) is 13.5 Å². The van der Waals surface area contributed by atoms with E-state index in [1.165, 1.54) is 20.1 Å². The maximum Gasteiger partial charge on any atom is 0.163 e. The van der Waals surface area contributed by atoms with Gasteiger partial charge in [0.25, 0.3) is 0 Å². The molecule has 0 aliphatic heterocycles. The summed E-state index contributed by atoms with van der Waals surface area (Å²) in [6, 6.07) is 9.67. The molecule has 0 unspecified atom stereocenters. The van der Waals surface area contributed by atoms with Gasteiger partial charge in [0.2, 0.25) is 0 Å². The second-order valence-electron chi connectivity index (χ2n) is 4.44. The molecular formula is C16H14BrFO3. The normalized spacial score (nSPS) is 10.3. The molecule has 2 aromatic carbocycles. The highest BCUT2D eigenvalue weighted by molar-refractivity contribution is 9.10. The SMILES string of the molecule is COc1ccc(C(C)=O)c(OCc2ccc(Br)cc2F)c1. The van der Waals surface area contributed by atoms with Crippen LogP contribution in [0, 0.1) is 5.82 Å². The summed E-state index contributed by atoms with van der Waals surface area (Å²) in [5.74, 6) is 0.469. The molecule has 0 aromatic heterocycles. The van der Waals surface area contributed by atoms with E-state index in [0.717, 1.165) is 0 Å². The summed E-state index contributed by atoms with van der Waals surface area (Å²) in [5.41, 5.74) is 0.851. The molecule has 0 atom stereocenters. The number of ketones is 1. The first-order valence-corrected chi connectivity index (χ1v) is 7.06. The van der Waals surface area contributed by atoms with E-state index >= 15 is 0 Å². The Hall–Kier alpha value is -1.88. The molecule has 0 aliphatic rings. The number of halogens is 2. The largest absolute Gasteiger partial charge is 0.497 e. The van der Waals surface area contributed by atoms with E-state index in [0.29, 0.717) is 27.1 Å². The van der Waals surface area contributed by atoms with Crippen molar-refractivity contribution in [1.29, 1.82) is 0 Å². The van der Waals surface area contributed by atoms with E-state index in [2.05, 4.69) is 15.9 Å². The van der Waals surface area contributed by atoms with Crippen molar-refractivity contribution < 1.29 is 18.7 Å². The molecule has 0 saturated carbocycles. The fraction of sp³-hybridized carbons (Fsp3) is 0.188. The van der Waals surface area contributed by atoms with Crippen LogP contribution in [-0.4, -0.2) is 12.9 Å². The van der Waals surface area contributed by atoms with Gasteiger partial charge in [-0.3, -0.25) is 4.79 Å². The Morgan fingerprint density at radius 2 is 2.00 bits per heavy atom. The topological polar surface area (TPSA) is 35.5 Å². The highest BCUT2D eigenvalue weighted by atomic mass is 79.9. The summed E-state index contributed by atoms with van der Waals surface area (Å²) in [7, 11) is 1.53. The molecule has 0 heterocycles. The molecule has 0 saturated heterocycles. The number of ether oxygens (including phenoxy) is 2. The van der Waals surface area contributed by atoms with Gasteiger partial charge < -0.3 is 9.47 Å². The lowest BCUT2D eigenvalue weighted by atomic mass is 10.1. The summed E-state index contributed by atoms with van der Waals surface area (Å²) in [6.45, 7) is 1.49. The zero-order valence-corrected chi connectivity index (χ0v) is 13.2. The van der Waals surface area contributed by atoms with Gasteiger partial charge in [-0.25, -0.2) is 4.39 Å². The summed E-state index contributed by atoms with van der Waals surface area (Å²) >= 11 is 3.20. The van der Waals surface area contributed by atoms with Gasteiger partial charge in [-0.05, 0) is 31.2 Å². The minimum atomic E-state index is -0.364. The Morgan fingerprint density at radius 1 is 1.24 bits per heavy atom. The standard InChI is InChI=1S/C16H14BrFO3/c1-10(19)14-6-5-13(20-2)8-16(14)21-9-11-3-4-12(17)7-15(11)18/h3-8H,9H2,1-2H3. The Kier molecular flexibility index (Phi) is 4.96. The smallest absolute Gasteiger partial charge is 0.163 e. The lowest BCUT2D eigenvalue weighted by Gasteiger charge is -2.12. The predicted molar refractivity (Wildman–Crippen MR) is 81.4 cm³/mol. The van der Waals surface area contributed by atoms with Crippen LogP contribution in [0.3, 0.4) is 0 Å². The van der Waals surface area contributed by atoms with Gasteiger partial charge in [-0.2, -0.15) is 0 Å². The van der Waals surface area contributed by atoms with Gasteiger partial charge in [0, 0.05) is 16.1 Å². The predicted octanol–water partition coefficient (Wildman–Crippen LogP) is 4.38. The van der Waals surface area contributed by atoms with Gasteiger partial charge in [0.05, 0.1) is 12.7 Å². The Morgan fingerprint density at radius 3 is 2.62 bits per heavy atom. The summed E-state index contributed by atoms with van der Waals surface area (Å²) in [5, 5.41) is 0. The van der Waals surface area contributed by atoms with Crippen LogP contribution < -0.4 is 9.47 Å². The maximum absolute atomic E-state index is 13.8. The van der Waals surface area contributed by atoms with Crippen LogP contribution in [0.25, 0.3) is 0 Å². The molecule has 5 heteroatoms. The van der Waals surface area contributed by atoms with Gasteiger partial charge in [-0.15, -0.1) is 0 Å².